The van der Waals surface area contributed by atoms with Crippen molar-refractivity contribution in [2.45, 2.75) is 42.9 Å². The van der Waals surface area contributed by atoms with Crippen molar-refractivity contribution in [1.29, 1.82) is 0 Å². The van der Waals surface area contributed by atoms with Crippen LogP contribution in [0, 0.1) is 6.92 Å². The molecule has 2 fully saturated rings. The second-order valence-electron chi connectivity index (χ2n) is 9.89. The summed E-state index contributed by atoms with van der Waals surface area (Å²) in [5.74, 6) is -1.41. The quantitative estimate of drug-likeness (QED) is 0.282. The molecule has 13 nitrogen and oxygen atoms in total. The lowest BCUT2D eigenvalue weighted by molar-refractivity contribution is -0.136. The number of aryl methyl sites for hydroxylation is 1. The molecule has 4 amide bonds. The Morgan fingerprint density at radius 3 is 2.55 bits per heavy atom. The molecule has 42 heavy (non-hydrogen) atoms. The summed E-state index contributed by atoms with van der Waals surface area (Å²) in [5, 5.41) is 5.17. The number of hydrogen-bond donors (Lipinski definition) is 2. The van der Waals surface area contributed by atoms with Crippen LogP contribution >= 0.6 is 27.3 Å². The van der Waals surface area contributed by atoms with Crippen LogP contribution in [0.2, 0.25) is 0 Å². The molecule has 2 N–H and O–H groups in total. The molecular weight excluding hydrogens is 652 g/mol. The number of hydrogen-bond acceptors (Lipinski definition) is 9. The van der Waals surface area contributed by atoms with Gasteiger partial charge in [0.1, 0.15) is 17.4 Å². The Balaban J connectivity index is 1.20. The molecule has 0 aliphatic carbocycles. The number of carbonyl (C=O) groups is 4. The van der Waals surface area contributed by atoms with Gasteiger partial charge in [-0.3, -0.25) is 33.9 Å². The first kappa shape index (κ1) is 30.2. The number of sulfonamides is 1. The Labute approximate surface area is 253 Å². The van der Waals surface area contributed by atoms with Gasteiger partial charge < -0.3 is 14.8 Å². The summed E-state index contributed by atoms with van der Waals surface area (Å²) in [6.45, 7) is 2.34. The first-order valence-corrected chi connectivity index (χ1v) is 16.2. The average molecular weight is 680 g/mol. The number of amides is 4. The van der Waals surface area contributed by atoms with Crippen LogP contribution in [0.3, 0.4) is 0 Å². The topological polar surface area (TPSA) is 174 Å². The third-order valence-electron chi connectivity index (χ3n) is 7.20. The summed E-state index contributed by atoms with van der Waals surface area (Å²) in [6.07, 6.45) is 0.0943. The fraction of sp³-hybridized carbons (Fsp3) is 0.385. The third kappa shape index (κ3) is 6.08. The second-order valence-corrected chi connectivity index (χ2v) is 14.5. The molecule has 0 radical (unpaired) electrons. The zero-order chi connectivity index (χ0) is 30.2. The molecule has 222 valence electrons. The molecule has 3 aromatic rings. The van der Waals surface area contributed by atoms with Crippen molar-refractivity contribution in [1.82, 2.24) is 24.1 Å². The van der Waals surface area contributed by atoms with Gasteiger partial charge in [0.15, 0.2) is 10.4 Å². The average Bonchev–Trinajstić information content (AvgIpc) is 3.40. The first-order valence-electron chi connectivity index (χ1n) is 13.1. The Kier molecular flexibility index (Phi) is 8.71. The normalized spacial score (nSPS) is 19.4. The maximum atomic E-state index is 13.3. The van der Waals surface area contributed by atoms with Crippen LogP contribution < -0.4 is 16.2 Å². The summed E-state index contributed by atoms with van der Waals surface area (Å²) < 4.78 is 29.2. The number of halogens is 1. The van der Waals surface area contributed by atoms with Gasteiger partial charge in [-0.25, -0.2) is 4.98 Å². The Bertz CT molecular complexity index is 1700. The van der Waals surface area contributed by atoms with Gasteiger partial charge in [-0.2, -0.15) is 0 Å². The van der Waals surface area contributed by atoms with Gasteiger partial charge in [-0.1, -0.05) is 21.6 Å². The van der Waals surface area contributed by atoms with E-state index in [2.05, 4.69) is 31.5 Å². The lowest BCUT2D eigenvalue weighted by Crippen LogP contribution is -2.52. The van der Waals surface area contributed by atoms with Gasteiger partial charge in [0.2, 0.25) is 27.8 Å². The van der Waals surface area contributed by atoms with E-state index in [-0.39, 0.29) is 78.7 Å². The van der Waals surface area contributed by atoms with E-state index in [0.717, 1.165) is 11.3 Å². The smallest absolute Gasteiger partial charge is 0.262 e. The number of aromatic nitrogens is 2. The highest BCUT2D eigenvalue weighted by Gasteiger charge is 2.36. The predicted octanol–water partition coefficient (Wildman–Crippen LogP) is 1.97. The fourth-order valence-electron chi connectivity index (χ4n) is 5.06. The van der Waals surface area contributed by atoms with Gasteiger partial charge in [-0.15, -0.1) is 4.31 Å². The molecule has 2 aliphatic rings. The van der Waals surface area contributed by atoms with Crippen LogP contribution in [-0.2, 0) is 33.8 Å². The Morgan fingerprint density at radius 1 is 1.14 bits per heavy atom. The summed E-state index contributed by atoms with van der Waals surface area (Å²) >= 11 is 4.40. The Hall–Kier alpha value is -3.31. The van der Waals surface area contributed by atoms with E-state index >= 15 is 0 Å². The molecular formula is C26H27BrN6O7S2. The lowest BCUT2D eigenvalue weighted by Gasteiger charge is -2.35. The minimum absolute atomic E-state index is 0.0734. The summed E-state index contributed by atoms with van der Waals surface area (Å²) in [4.78, 5) is 68.8. The van der Waals surface area contributed by atoms with Crippen LogP contribution in [0.25, 0.3) is 10.9 Å². The SMILES string of the molecule is Cc1nc2c(NC(=O)CCC(=O)N3CCN([S+](=O)([O-])c4ccc(Br)s4)CC3)cccc2c(=O)n1C1CCC(=O)NC1=O. The first-order chi connectivity index (χ1) is 20.0. The lowest BCUT2D eigenvalue weighted by atomic mass is 10.1. The van der Waals surface area contributed by atoms with Gasteiger partial charge in [0.25, 0.3) is 5.56 Å². The number of benzene rings is 1. The van der Waals surface area contributed by atoms with E-state index in [9.17, 15) is 32.7 Å². The second kappa shape index (κ2) is 12.1. The fourth-order valence-corrected chi connectivity index (χ4v) is 8.64. The van der Waals surface area contributed by atoms with Crippen molar-refractivity contribution in [2.24, 2.45) is 0 Å². The molecule has 5 rings (SSSR count). The molecule has 2 aromatic heterocycles. The van der Waals surface area contributed by atoms with E-state index in [1.165, 1.54) is 8.87 Å². The molecule has 0 bridgehead atoms. The van der Waals surface area contributed by atoms with Crippen LogP contribution in [-0.4, -0.2) is 73.1 Å². The number of fused-ring (bicyclic) bond motifs is 1. The predicted molar refractivity (Wildman–Crippen MR) is 157 cm³/mol. The standard InChI is InChI=1S/C26H27BrN6O7S2/c1-15-28-24-16(26(38)33(15)18-5-7-21(35)30-25(18)37)3-2-4-17(24)29-20(34)8-9-22(36)31-11-13-32(14-12-31)42(39,40)23-10-6-19(27)41-23/h2-4,6,10,18H,5,7-9,11-14H2,1H3,(H2-,29,30,34,35,37,39,40). The van der Waals surface area contributed by atoms with Crippen molar-refractivity contribution in [2.75, 3.05) is 31.5 Å². The van der Waals surface area contributed by atoms with Crippen molar-refractivity contribution < 1.29 is 27.9 Å². The minimum atomic E-state index is -3.63. The number of nitrogens with zero attached hydrogens (tertiary/aromatic N) is 4. The van der Waals surface area contributed by atoms with Crippen molar-refractivity contribution in [3.05, 3.63) is 50.3 Å². The number of carbonyl (C=O) groups excluding carboxylic acids is 4. The number of anilines is 1. The van der Waals surface area contributed by atoms with E-state index in [1.807, 2.05) is 0 Å². The molecule has 0 saturated carbocycles. The summed E-state index contributed by atoms with van der Waals surface area (Å²) in [7, 11) is -3.63. The molecule has 2 unspecified atom stereocenters. The van der Waals surface area contributed by atoms with Gasteiger partial charge in [0.05, 0.1) is 27.9 Å². The third-order valence-corrected chi connectivity index (χ3v) is 11.2. The number of piperidine rings is 1. The molecule has 2 aliphatic heterocycles. The zero-order valence-electron chi connectivity index (χ0n) is 22.5. The van der Waals surface area contributed by atoms with Gasteiger partial charge in [0, 0.05) is 38.4 Å². The highest BCUT2D eigenvalue weighted by molar-refractivity contribution is 9.11. The molecule has 1 aromatic carbocycles. The van der Waals surface area contributed by atoms with Crippen LogP contribution in [0.5, 0.6) is 0 Å². The zero-order valence-corrected chi connectivity index (χ0v) is 25.7. The highest BCUT2D eigenvalue weighted by Crippen LogP contribution is 2.32. The monoisotopic (exact) mass is 678 g/mol. The van der Waals surface area contributed by atoms with Crippen LogP contribution in [0.4, 0.5) is 5.69 Å². The van der Waals surface area contributed by atoms with Crippen LogP contribution in [0.1, 0.15) is 37.5 Å². The van der Waals surface area contributed by atoms with E-state index in [1.54, 1.807) is 42.2 Å². The summed E-state index contributed by atoms with van der Waals surface area (Å²) in [6, 6.07) is 7.07. The van der Waals surface area contributed by atoms with E-state index in [0.29, 0.717) is 9.47 Å². The molecule has 16 heteroatoms. The Morgan fingerprint density at radius 2 is 1.88 bits per heavy atom. The number of thiophene rings is 1. The van der Waals surface area contributed by atoms with E-state index in [4.69, 9.17) is 0 Å². The maximum absolute atomic E-state index is 13.3. The number of para-hydroxylation sites is 1. The molecule has 0 spiro atoms. The summed E-state index contributed by atoms with van der Waals surface area (Å²) in [5.41, 5.74) is 0.0732. The van der Waals surface area contributed by atoms with Gasteiger partial charge >= 0.3 is 0 Å². The highest BCUT2D eigenvalue weighted by atomic mass is 79.9. The van der Waals surface area contributed by atoms with Crippen molar-refractivity contribution in [3.8, 4) is 0 Å². The van der Waals surface area contributed by atoms with Crippen molar-refractivity contribution in [3.63, 3.8) is 0 Å². The number of nitrogens with one attached hydrogen (secondary N) is 2. The molecule has 2 atom stereocenters. The van der Waals surface area contributed by atoms with Crippen molar-refractivity contribution >= 4 is 77.9 Å². The largest absolute Gasteiger partial charge is 0.592 e. The van der Waals surface area contributed by atoms with Crippen LogP contribution in [0.15, 0.2) is 43.1 Å². The molecule has 2 saturated heterocycles. The maximum Gasteiger partial charge on any atom is 0.262 e. The van der Waals surface area contributed by atoms with Gasteiger partial charge in [-0.05, 0) is 47.5 Å². The number of piperazine rings is 1. The van der Waals surface area contributed by atoms with E-state index < -0.39 is 39.7 Å². The number of rotatable bonds is 7. The number of imide groups is 1. The molecule has 4 heterocycles. The minimum Gasteiger partial charge on any atom is -0.592 e.